The third kappa shape index (κ3) is 3.17. The van der Waals surface area contributed by atoms with Gasteiger partial charge < -0.3 is 10.4 Å². The number of anilines is 2. The molecule has 0 radical (unpaired) electrons. The second-order valence-electron chi connectivity index (χ2n) is 4.62. The SMILES string of the molecule is O=c1c(Nc2ccc(I)cc2)c(O)c1=Nc1ccc(I)cc1. The summed E-state index contributed by atoms with van der Waals surface area (Å²) in [6.45, 7) is 0. The van der Waals surface area contributed by atoms with E-state index in [0.29, 0.717) is 5.69 Å². The van der Waals surface area contributed by atoms with Crippen molar-refractivity contribution in [1.29, 1.82) is 0 Å². The highest BCUT2D eigenvalue weighted by Crippen LogP contribution is 2.23. The van der Waals surface area contributed by atoms with Gasteiger partial charge in [-0.25, -0.2) is 4.99 Å². The minimum atomic E-state index is -0.283. The molecule has 2 N–H and O–H groups in total. The van der Waals surface area contributed by atoms with Crippen LogP contribution in [0.25, 0.3) is 0 Å². The van der Waals surface area contributed by atoms with Crippen molar-refractivity contribution < 1.29 is 5.11 Å². The fourth-order valence-electron chi connectivity index (χ4n) is 1.93. The molecule has 0 aliphatic rings. The number of nitrogens with one attached hydrogen (secondary N) is 1. The zero-order valence-electron chi connectivity index (χ0n) is 11.2. The van der Waals surface area contributed by atoms with Gasteiger partial charge in [-0.15, -0.1) is 0 Å². The minimum absolute atomic E-state index is 0.0919. The quantitative estimate of drug-likeness (QED) is 0.521. The molecule has 6 heteroatoms. The number of nitrogens with zero attached hydrogens (tertiary/aromatic N) is 1. The first-order chi connectivity index (χ1) is 10.5. The van der Waals surface area contributed by atoms with E-state index in [2.05, 4.69) is 55.5 Å². The molecule has 0 unspecified atom stereocenters. The summed E-state index contributed by atoms with van der Waals surface area (Å²) in [6.07, 6.45) is 0. The number of hydrogen-bond donors (Lipinski definition) is 2. The van der Waals surface area contributed by atoms with Crippen LogP contribution in [0, 0.1) is 7.14 Å². The first-order valence-electron chi connectivity index (χ1n) is 6.40. The number of rotatable bonds is 3. The molecule has 0 saturated carbocycles. The van der Waals surface area contributed by atoms with Gasteiger partial charge in [0, 0.05) is 12.8 Å². The maximum Gasteiger partial charge on any atom is 0.235 e. The van der Waals surface area contributed by atoms with E-state index in [9.17, 15) is 9.90 Å². The predicted octanol–water partition coefficient (Wildman–Crippen LogP) is 3.81. The van der Waals surface area contributed by atoms with Gasteiger partial charge in [-0.1, -0.05) is 0 Å². The van der Waals surface area contributed by atoms with Crippen LogP contribution in [0.15, 0.2) is 58.3 Å². The molecule has 4 nitrogen and oxygen atoms in total. The molecule has 0 amide bonds. The lowest BCUT2D eigenvalue weighted by atomic mass is 10.2. The van der Waals surface area contributed by atoms with Gasteiger partial charge >= 0.3 is 0 Å². The summed E-state index contributed by atoms with van der Waals surface area (Å²) in [4.78, 5) is 16.3. The van der Waals surface area contributed by atoms with Gasteiger partial charge in [0.2, 0.25) is 5.43 Å². The van der Waals surface area contributed by atoms with Crippen molar-refractivity contribution in [1.82, 2.24) is 0 Å². The second-order valence-corrected chi connectivity index (χ2v) is 7.11. The highest BCUT2D eigenvalue weighted by atomic mass is 127. The summed E-state index contributed by atoms with van der Waals surface area (Å²) in [6, 6.07) is 14.9. The average Bonchev–Trinajstić information content (AvgIpc) is 2.53. The largest absolute Gasteiger partial charge is 0.504 e. The molecule has 0 atom stereocenters. The van der Waals surface area contributed by atoms with Crippen LogP contribution < -0.4 is 16.1 Å². The number of benzene rings is 2. The molecule has 3 aromatic carbocycles. The van der Waals surface area contributed by atoms with Crippen molar-refractivity contribution in [2.45, 2.75) is 0 Å². The van der Waals surface area contributed by atoms with Crippen LogP contribution in [0.1, 0.15) is 0 Å². The molecule has 22 heavy (non-hydrogen) atoms. The van der Waals surface area contributed by atoms with E-state index in [0.717, 1.165) is 12.8 Å². The molecule has 0 heterocycles. The van der Waals surface area contributed by atoms with Gasteiger partial charge in [-0.05, 0) is 93.7 Å². The first-order valence-corrected chi connectivity index (χ1v) is 8.55. The lowest BCUT2D eigenvalue weighted by molar-refractivity contribution is 0.464. The molecular weight excluding hydrogens is 506 g/mol. The second kappa shape index (κ2) is 6.37. The average molecular weight is 516 g/mol. The standard InChI is InChI=1S/C16H10I2N2O2/c17-9-1-5-11(6-2-9)19-13-15(21)14(16(13)22)20-12-7-3-10(18)4-8-12/h1-8,19,21H. The van der Waals surface area contributed by atoms with Crippen LogP contribution in [0.4, 0.5) is 17.1 Å². The van der Waals surface area contributed by atoms with E-state index in [-0.39, 0.29) is 22.2 Å². The Bertz CT molecular complexity index is 894. The van der Waals surface area contributed by atoms with E-state index in [4.69, 9.17) is 0 Å². The number of aromatic hydroxyl groups is 1. The molecular formula is C16H10I2N2O2. The first kappa shape index (κ1) is 15.5. The smallest absolute Gasteiger partial charge is 0.235 e. The third-order valence-corrected chi connectivity index (χ3v) is 4.52. The predicted molar refractivity (Wildman–Crippen MR) is 104 cm³/mol. The van der Waals surface area contributed by atoms with Crippen molar-refractivity contribution in [2.75, 3.05) is 5.32 Å². The summed E-state index contributed by atoms with van der Waals surface area (Å²) in [5.74, 6) is -0.0953. The zero-order valence-corrected chi connectivity index (χ0v) is 15.5. The zero-order chi connectivity index (χ0) is 15.7. The van der Waals surface area contributed by atoms with E-state index in [1.807, 2.05) is 36.4 Å². The van der Waals surface area contributed by atoms with Crippen molar-refractivity contribution in [2.24, 2.45) is 4.99 Å². The van der Waals surface area contributed by atoms with Gasteiger partial charge in [-0.3, -0.25) is 4.79 Å². The summed E-state index contributed by atoms with van der Waals surface area (Å²) >= 11 is 4.40. The summed E-state index contributed by atoms with van der Waals surface area (Å²) in [7, 11) is 0. The lowest BCUT2D eigenvalue weighted by Gasteiger charge is -2.10. The normalized spacial score (nSPS) is 11.8. The van der Waals surface area contributed by atoms with Gasteiger partial charge in [0.05, 0.1) is 5.69 Å². The van der Waals surface area contributed by atoms with Gasteiger partial charge in [-0.2, -0.15) is 0 Å². The van der Waals surface area contributed by atoms with Crippen LogP contribution in [-0.2, 0) is 0 Å². The lowest BCUT2D eigenvalue weighted by Crippen LogP contribution is -2.33. The Morgan fingerprint density at radius 2 is 1.45 bits per heavy atom. The Labute approximate surface area is 153 Å². The minimum Gasteiger partial charge on any atom is -0.504 e. The molecule has 0 spiro atoms. The van der Waals surface area contributed by atoms with Crippen molar-refractivity contribution >= 4 is 62.2 Å². The van der Waals surface area contributed by atoms with Crippen molar-refractivity contribution in [3.8, 4) is 5.75 Å². The molecule has 0 fully saturated rings. The molecule has 0 saturated heterocycles. The molecule has 0 aliphatic carbocycles. The van der Waals surface area contributed by atoms with Crippen LogP contribution in [0.2, 0.25) is 0 Å². The topological polar surface area (TPSA) is 61.7 Å². The Balaban J connectivity index is 1.89. The maximum atomic E-state index is 12.1. The summed E-state index contributed by atoms with van der Waals surface area (Å²) in [5.41, 5.74) is 1.30. The highest BCUT2D eigenvalue weighted by Gasteiger charge is 2.18. The summed E-state index contributed by atoms with van der Waals surface area (Å²) in [5, 5.41) is 13.0. The van der Waals surface area contributed by atoms with E-state index in [1.54, 1.807) is 12.1 Å². The molecule has 0 aromatic heterocycles. The van der Waals surface area contributed by atoms with Crippen LogP contribution >= 0.6 is 45.2 Å². The summed E-state index contributed by atoms with van der Waals surface area (Å²) < 4.78 is 2.18. The molecule has 0 bridgehead atoms. The van der Waals surface area contributed by atoms with Crippen LogP contribution in [-0.4, -0.2) is 5.11 Å². The van der Waals surface area contributed by atoms with E-state index >= 15 is 0 Å². The van der Waals surface area contributed by atoms with Crippen LogP contribution in [0.5, 0.6) is 5.75 Å². The number of halogens is 2. The van der Waals surface area contributed by atoms with E-state index < -0.39 is 0 Å². The Hall–Kier alpha value is -1.42. The fourth-order valence-corrected chi connectivity index (χ4v) is 2.65. The Morgan fingerprint density at radius 3 is 2.00 bits per heavy atom. The fraction of sp³-hybridized carbons (Fsp3) is 0. The number of hydrogen-bond acceptors (Lipinski definition) is 4. The van der Waals surface area contributed by atoms with Crippen molar-refractivity contribution in [3.05, 3.63) is 71.3 Å². The third-order valence-electron chi connectivity index (χ3n) is 3.08. The highest BCUT2D eigenvalue weighted by molar-refractivity contribution is 14.1. The van der Waals surface area contributed by atoms with Gasteiger partial charge in [0.15, 0.2) is 11.1 Å². The molecule has 110 valence electrons. The van der Waals surface area contributed by atoms with Crippen LogP contribution in [0.3, 0.4) is 0 Å². The molecule has 3 aromatic rings. The molecule has 0 aliphatic heterocycles. The monoisotopic (exact) mass is 516 g/mol. The maximum absolute atomic E-state index is 12.1. The van der Waals surface area contributed by atoms with E-state index in [1.165, 1.54) is 0 Å². The Morgan fingerprint density at radius 1 is 0.909 bits per heavy atom. The van der Waals surface area contributed by atoms with Crippen molar-refractivity contribution in [3.63, 3.8) is 0 Å². The van der Waals surface area contributed by atoms with Gasteiger partial charge in [0.1, 0.15) is 5.69 Å². The Kier molecular flexibility index (Phi) is 4.48. The van der Waals surface area contributed by atoms with Gasteiger partial charge in [0.25, 0.3) is 0 Å². The molecule has 3 rings (SSSR count).